The Hall–Kier alpha value is -1.11. The fourth-order valence-corrected chi connectivity index (χ4v) is 1.32. The zero-order valence-electron chi connectivity index (χ0n) is 5.91. The van der Waals surface area contributed by atoms with Crippen LogP contribution in [0.3, 0.4) is 0 Å². The number of rotatable bonds is 0. The molecular weight excluding hydrogens is 122 g/mol. The molecule has 1 heterocycles. The van der Waals surface area contributed by atoms with Gasteiger partial charge in [0.2, 0.25) is 0 Å². The third-order valence-electron chi connectivity index (χ3n) is 1.77. The molecule has 0 aliphatic heterocycles. The average Bonchev–Trinajstić information content (AvgIpc) is 2.27. The van der Waals surface area contributed by atoms with Crippen LogP contribution in [0.5, 0.6) is 0 Å². The van der Waals surface area contributed by atoms with Crippen LogP contribution in [-0.2, 0) is 0 Å². The summed E-state index contributed by atoms with van der Waals surface area (Å²) < 4.78 is 0. The summed E-state index contributed by atoms with van der Waals surface area (Å²) in [6, 6.07) is 2.05. The minimum absolute atomic E-state index is 0.583. The number of hydrogen-bond acceptors (Lipinski definition) is 1. The van der Waals surface area contributed by atoms with Crippen LogP contribution in [-0.4, -0.2) is 4.98 Å². The van der Waals surface area contributed by atoms with Crippen molar-refractivity contribution in [3.05, 3.63) is 28.9 Å². The molecule has 1 nitrogen and oxygen atoms in total. The summed E-state index contributed by atoms with van der Waals surface area (Å²) in [6.07, 6.45) is 8.22. The number of fused-ring (bicyclic) bond motifs is 1. The topological polar surface area (TPSA) is 12.9 Å². The highest BCUT2D eigenvalue weighted by Gasteiger charge is 1.98. The van der Waals surface area contributed by atoms with Gasteiger partial charge in [-0.3, -0.25) is 4.98 Å². The zero-order valence-corrected chi connectivity index (χ0v) is 5.91. The van der Waals surface area contributed by atoms with Gasteiger partial charge in [0.1, 0.15) is 0 Å². The Kier molecular flexibility index (Phi) is 1.10. The summed E-state index contributed by atoms with van der Waals surface area (Å²) >= 11 is 0. The third kappa shape index (κ3) is 0.747. The second-order valence-corrected chi connectivity index (χ2v) is 2.70. The minimum Gasteiger partial charge on any atom is -0.264 e. The van der Waals surface area contributed by atoms with Gasteiger partial charge in [0.15, 0.2) is 0 Å². The highest BCUT2D eigenvalue weighted by atomic mass is 14.6. The van der Waals surface area contributed by atoms with Gasteiger partial charge in [-0.2, -0.15) is 0 Å². The molecule has 1 unspecified atom stereocenters. The number of hydrogen-bond donors (Lipinski definition) is 0. The molecule has 0 N–H and O–H groups in total. The van der Waals surface area contributed by atoms with Crippen molar-refractivity contribution in [2.24, 2.45) is 5.92 Å². The van der Waals surface area contributed by atoms with Gasteiger partial charge in [-0.25, -0.2) is 0 Å². The maximum Gasteiger partial charge on any atom is 0.0343 e. The maximum absolute atomic E-state index is 4.04. The van der Waals surface area contributed by atoms with Crippen molar-refractivity contribution in [1.29, 1.82) is 0 Å². The maximum atomic E-state index is 4.04. The van der Waals surface area contributed by atoms with Crippen LogP contribution in [0.4, 0.5) is 0 Å². The Labute approximate surface area is 59.7 Å². The smallest absolute Gasteiger partial charge is 0.0343 e. The Morgan fingerprint density at radius 1 is 1.30 bits per heavy atom. The van der Waals surface area contributed by atoms with E-state index in [1.54, 1.807) is 0 Å². The molecule has 1 atom stereocenters. The SMILES string of the molecule is CC1C=c2ccncc2=C1. The number of pyridine rings is 1. The summed E-state index contributed by atoms with van der Waals surface area (Å²) in [5.41, 5.74) is 0. The standard InChI is InChI=1S/C9H9N/c1-7-4-8-2-3-10-6-9(8)5-7/h2-7H,1H3. The van der Waals surface area contributed by atoms with Gasteiger partial charge < -0.3 is 0 Å². The summed E-state index contributed by atoms with van der Waals surface area (Å²) in [4.78, 5) is 4.04. The van der Waals surface area contributed by atoms with E-state index in [9.17, 15) is 0 Å². The Morgan fingerprint density at radius 2 is 2.10 bits per heavy atom. The first kappa shape index (κ1) is 5.66. The number of nitrogens with zero attached hydrogens (tertiary/aromatic N) is 1. The lowest BCUT2D eigenvalue weighted by molar-refractivity contribution is 1.07. The Bertz CT molecular complexity index is 316. The normalized spacial score (nSPS) is 21.1. The predicted molar refractivity (Wildman–Crippen MR) is 41.6 cm³/mol. The van der Waals surface area contributed by atoms with Crippen LogP contribution in [0.15, 0.2) is 18.5 Å². The molecule has 1 aliphatic carbocycles. The minimum atomic E-state index is 0.583. The van der Waals surface area contributed by atoms with E-state index >= 15 is 0 Å². The molecular formula is C9H9N. The fraction of sp³-hybridized carbons (Fsp3) is 0.222. The quantitative estimate of drug-likeness (QED) is 0.493. The molecule has 2 rings (SSSR count). The van der Waals surface area contributed by atoms with Crippen molar-refractivity contribution in [2.45, 2.75) is 6.92 Å². The second kappa shape index (κ2) is 1.94. The van der Waals surface area contributed by atoms with Crippen molar-refractivity contribution in [3.8, 4) is 0 Å². The first-order valence-corrected chi connectivity index (χ1v) is 3.50. The van der Waals surface area contributed by atoms with Crippen molar-refractivity contribution < 1.29 is 0 Å². The van der Waals surface area contributed by atoms with Crippen LogP contribution in [0.1, 0.15) is 6.92 Å². The van der Waals surface area contributed by atoms with Crippen molar-refractivity contribution in [1.82, 2.24) is 4.98 Å². The molecule has 1 aromatic heterocycles. The summed E-state index contributed by atoms with van der Waals surface area (Å²) in [5.74, 6) is 0.583. The lowest BCUT2D eigenvalue weighted by Gasteiger charge is -1.85. The molecule has 0 radical (unpaired) electrons. The van der Waals surface area contributed by atoms with Crippen LogP contribution < -0.4 is 10.4 Å². The second-order valence-electron chi connectivity index (χ2n) is 2.70. The van der Waals surface area contributed by atoms with Gasteiger partial charge in [0, 0.05) is 12.4 Å². The summed E-state index contributed by atoms with van der Waals surface area (Å²) in [6.45, 7) is 2.18. The molecule has 0 aromatic carbocycles. The van der Waals surface area contributed by atoms with Crippen molar-refractivity contribution in [2.75, 3.05) is 0 Å². The van der Waals surface area contributed by atoms with Gasteiger partial charge in [0.25, 0.3) is 0 Å². The molecule has 50 valence electrons. The van der Waals surface area contributed by atoms with E-state index in [1.165, 1.54) is 10.4 Å². The van der Waals surface area contributed by atoms with E-state index in [4.69, 9.17) is 0 Å². The number of aromatic nitrogens is 1. The van der Waals surface area contributed by atoms with Gasteiger partial charge >= 0.3 is 0 Å². The molecule has 1 aromatic rings. The fourth-order valence-electron chi connectivity index (χ4n) is 1.32. The van der Waals surface area contributed by atoms with Crippen LogP contribution in [0.25, 0.3) is 12.2 Å². The van der Waals surface area contributed by atoms with E-state index < -0.39 is 0 Å². The molecule has 0 spiro atoms. The average molecular weight is 131 g/mol. The first-order chi connectivity index (χ1) is 4.86. The highest BCUT2D eigenvalue weighted by Crippen LogP contribution is 1.99. The lowest BCUT2D eigenvalue weighted by atomic mass is 10.2. The highest BCUT2D eigenvalue weighted by molar-refractivity contribution is 5.48. The predicted octanol–water partition coefficient (Wildman–Crippen LogP) is 0.292. The zero-order chi connectivity index (χ0) is 6.97. The lowest BCUT2D eigenvalue weighted by Crippen LogP contribution is -2.20. The van der Waals surface area contributed by atoms with Gasteiger partial charge in [0.05, 0.1) is 0 Å². The molecule has 0 saturated carbocycles. The molecule has 0 bridgehead atoms. The first-order valence-electron chi connectivity index (χ1n) is 3.50. The Balaban J connectivity index is 2.83. The molecule has 1 heteroatoms. The van der Waals surface area contributed by atoms with Crippen molar-refractivity contribution >= 4 is 12.2 Å². The molecule has 0 saturated heterocycles. The molecule has 0 amide bonds. The van der Waals surface area contributed by atoms with Crippen molar-refractivity contribution in [3.63, 3.8) is 0 Å². The molecule has 0 fully saturated rings. The van der Waals surface area contributed by atoms with Crippen LogP contribution >= 0.6 is 0 Å². The van der Waals surface area contributed by atoms with Crippen LogP contribution in [0.2, 0.25) is 0 Å². The van der Waals surface area contributed by atoms with Gasteiger partial charge in [-0.1, -0.05) is 19.1 Å². The summed E-state index contributed by atoms with van der Waals surface area (Å²) in [7, 11) is 0. The largest absolute Gasteiger partial charge is 0.264 e. The van der Waals surface area contributed by atoms with E-state index in [-0.39, 0.29) is 0 Å². The third-order valence-corrected chi connectivity index (χ3v) is 1.77. The van der Waals surface area contributed by atoms with Crippen LogP contribution in [0, 0.1) is 5.92 Å². The van der Waals surface area contributed by atoms with E-state index in [0.717, 1.165) is 0 Å². The van der Waals surface area contributed by atoms with Gasteiger partial charge in [-0.05, 0) is 22.4 Å². The summed E-state index contributed by atoms with van der Waals surface area (Å²) in [5, 5.41) is 2.59. The molecule has 10 heavy (non-hydrogen) atoms. The van der Waals surface area contributed by atoms with Gasteiger partial charge in [-0.15, -0.1) is 0 Å². The molecule has 1 aliphatic rings. The Morgan fingerprint density at radius 3 is 2.90 bits per heavy atom. The van der Waals surface area contributed by atoms with E-state index in [1.807, 2.05) is 12.4 Å². The monoisotopic (exact) mass is 131 g/mol. The van der Waals surface area contributed by atoms with E-state index in [2.05, 4.69) is 30.1 Å². The van der Waals surface area contributed by atoms with E-state index in [0.29, 0.717) is 5.92 Å².